The number of furan rings is 1. The van der Waals surface area contributed by atoms with Gasteiger partial charge in [-0.15, -0.1) is 0 Å². The number of hydrogen-bond acceptors (Lipinski definition) is 2. The molecule has 70 heavy (non-hydrogen) atoms. The maximum absolute atomic E-state index is 7.38. The summed E-state index contributed by atoms with van der Waals surface area (Å²) in [6.45, 7) is 0. The van der Waals surface area contributed by atoms with Gasteiger partial charge in [0.15, 0.2) is 0 Å². The van der Waals surface area contributed by atoms with Gasteiger partial charge >= 0.3 is 0 Å². The van der Waals surface area contributed by atoms with Gasteiger partial charge in [-0.1, -0.05) is 224 Å². The van der Waals surface area contributed by atoms with E-state index in [1.807, 2.05) is 0 Å². The highest BCUT2D eigenvalue weighted by atomic mass is 16.3. The van der Waals surface area contributed by atoms with Crippen molar-refractivity contribution >= 4 is 39.0 Å². The van der Waals surface area contributed by atoms with Crippen molar-refractivity contribution in [3.8, 4) is 55.6 Å². The highest BCUT2D eigenvalue weighted by molar-refractivity contribution is 6.19. The average Bonchev–Trinajstić information content (AvgIpc) is 4.21. The number of hydrogen-bond donors (Lipinski definition) is 0. The van der Waals surface area contributed by atoms with Gasteiger partial charge < -0.3 is 9.32 Å². The van der Waals surface area contributed by atoms with Crippen LogP contribution in [0.15, 0.2) is 253 Å². The molecule has 0 aliphatic heterocycles. The first kappa shape index (κ1) is 38.0. The third-order valence-corrected chi connectivity index (χ3v) is 16.3. The fourth-order valence-electron chi connectivity index (χ4n) is 13.9. The molecule has 0 unspecified atom stereocenters. The standard InChI is InChI=1S/C68H41NO/c1-2-20-42(21-3-1)43-22-10-17-36-59(43)69(60-37-18-35-57-63(60)48-27-8-15-33-55(48)67(57)51-29-11-4-23-44(51)45-24-5-12-30-52(45)67)61-38-19-39-62-65(61)50-40-41-58-64(66(50)70-62)49-28-9-16-34-56(49)68(58)53-31-13-6-25-46(53)47-26-7-14-32-54(47)68/h1-41H. The molecular weight excluding hydrogens is 847 g/mol. The quantitative estimate of drug-likeness (QED) is 0.175. The molecule has 1 heterocycles. The van der Waals surface area contributed by atoms with Gasteiger partial charge in [-0.3, -0.25) is 0 Å². The monoisotopic (exact) mass is 887 g/mol. The van der Waals surface area contributed by atoms with Gasteiger partial charge in [-0.05, 0) is 108 Å². The molecular formula is C68H41NO. The smallest absolute Gasteiger partial charge is 0.143 e. The zero-order chi connectivity index (χ0) is 45.7. The summed E-state index contributed by atoms with van der Waals surface area (Å²) in [7, 11) is 0. The van der Waals surface area contributed by atoms with Crippen LogP contribution in [0.4, 0.5) is 17.1 Å². The molecule has 4 aliphatic carbocycles. The van der Waals surface area contributed by atoms with Crippen molar-refractivity contribution in [1.29, 1.82) is 0 Å². The number of para-hydroxylation sites is 1. The molecule has 0 N–H and O–H groups in total. The van der Waals surface area contributed by atoms with Crippen molar-refractivity contribution in [2.24, 2.45) is 0 Å². The molecule has 0 fully saturated rings. The number of fused-ring (bicyclic) bond motifs is 24. The van der Waals surface area contributed by atoms with Gasteiger partial charge in [-0.25, -0.2) is 0 Å². The molecule has 12 aromatic rings. The van der Waals surface area contributed by atoms with E-state index in [1.54, 1.807) is 0 Å². The molecule has 2 spiro atoms. The Hall–Kier alpha value is -8.98. The topological polar surface area (TPSA) is 16.4 Å². The van der Waals surface area contributed by atoms with Gasteiger partial charge in [0, 0.05) is 22.1 Å². The summed E-state index contributed by atoms with van der Waals surface area (Å²) in [6.07, 6.45) is 0. The zero-order valence-corrected chi connectivity index (χ0v) is 38.0. The van der Waals surface area contributed by atoms with Crippen LogP contribution in [0.2, 0.25) is 0 Å². The Balaban J connectivity index is 1.01. The summed E-state index contributed by atoms with van der Waals surface area (Å²) < 4.78 is 7.38. The van der Waals surface area contributed by atoms with Crippen LogP contribution in [0.3, 0.4) is 0 Å². The minimum Gasteiger partial charge on any atom is -0.455 e. The van der Waals surface area contributed by atoms with E-state index in [1.165, 1.54) is 89.0 Å². The average molecular weight is 888 g/mol. The SMILES string of the molecule is c1ccc(-c2ccccc2N(c2cccc3c2-c2ccccc2C32c3ccccc3-c3ccccc32)c2cccc3oc4c5c(ccc4c23)C2(c3ccccc3-c3ccccc32)c2ccccc2-5)cc1. The predicted molar refractivity (Wildman–Crippen MR) is 286 cm³/mol. The van der Waals surface area contributed by atoms with E-state index in [-0.39, 0.29) is 0 Å². The van der Waals surface area contributed by atoms with Crippen molar-refractivity contribution in [1.82, 2.24) is 0 Å². The molecule has 4 aliphatic rings. The molecule has 0 radical (unpaired) electrons. The molecule has 324 valence electrons. The number of benzene rings is 11. The van der Waals surface area contributed by atoms with E-state index in [9.17, 15) is 0 Å². The van der Waals surface area contributed by atoms with E-state index in [0.29, 0.717) is 0 Å². The van der Waals surface area contributed by atoms with E-state index < -0.39 is 10.8 Å². The van der Waals surface area contributed by atoms with Gasteiger partial charge in [0.1, 0.15) is 11.2 Å². The van der Waals surface area contributed by atoms with Gasteiger partial charge in [0.05, 0.1) is 33.3 Å². The lowest BCUT2D eigenvalue weighted by molar-refractivity contribution is 0.669. The molecule has 0 saturated heterocycles. The third-order valence-electron chi connectivity index (χ3n) is 16.3. The normalized spacial score (nSPS) is 14.2. The molecule has 2 heteroatoms. The Morgan fingerprint density at radius 2 is 0.671 bits per heavy atom. The number of rotatable bonds is 4. The minimum absolute atomic E-state index is 0.471. The fraction of sp³-hybridized carbons (Fsp3) is 0.0294. The maximum Gasteiger partial charge on any atom is 0.143 e. The van der Waals surface area contributed by atoms with E-state index in [4.69, 9.17) is 4.42 Å². The molecule has 2 nitrogen and oxygen atoms in total. The summed E-state index contributed by atoms with van der Waals surface area (Å²) in [6, 6.07) is 92.6. The van der Waals surface area contributed by atoms with Crippen molar-refractivity contribution in [2.75, 3.05) is 4.90 Å². The van der Waals surface area contributed by atoms with Crippen LogP contribution >= 0.6 is 0 Å². The predicted octanol–water partition coefficient (Wildman–Crippen LogP) is 17.4. The Kier molecular flexibility index (Phi) is 7.51. The van der Waals surface area contributed by atoms with Crippen LogP contribution in [-0.4, -0.2) is 0 Å². The number of anilines is 3. The highest BCUT2D eigenvalue weighted by Crippen LogP contribution is 2.67. The third kappa shape index (κ3) is 4.55. The number of nitrogens with zero attached hydrogens (tertiary/aromatic N) is 1. The second kappa shape index (κ2) is 13.8. The molecule has 11 aromatic carbocycles. The Morgan fingerprint density at radius 3 is 1.24 bits per heavy atom. The Morgan fingerprint density at radius 1 is 0.271 bits per heavy atom. The maximum atomic E-state index is 7.38. The van der Waals surface area contributed by atoms with Crippen molar-refractivity contribution in [3.63, 3.8) is 0 Å². The molecule has 0 saturated carbocycles. The second-order valence-electron chi connectivity index (χ2n) is 19.3. The largest absolute Gasteiger partial charge is 0.455 e. The van der Waals surface area contributed by atoms with Crippen LogP contribution in [0.1, 0.15) is 44.5 Å². The van der Waals surface area contributed by atoms with Crippen LogP contribution in [0, 0.1) is 0 Å². The fourth-order valence-corrected chi connectivity index (χ4v) is 13.9. The minimum atomic E-state index is -0.491. The van der Waals surface area contributed by atoms with Crippen molar-refractivity contribution in [3.05, 3.63) is 293 Å². The first-order chi connectivity index (χ1) is 34.8. The van der Waals surface area contributed by atoms with E-state index in [2.05, 4.69) is 254 Å². The Labute approximate surface area is 406 Å². The summed E-state index contributed by atoms with van der Waals surface area (Å²) >= 11 is 0. The molecule has 0 atom stereocenters. The van der Waals surface area contributed by atoms with Crippen LogP contribution in [0.5, 0.6) is 0 Å². The lowest BCUT2D eigenvalue weighted by atomic mass is 9.70. The molecule has 0 bridgehead atoms. The summed E-state index contributed by atoms with van der Waals surface area (Å²) in [5.41, 5.74) is 27.0. The van der Waals surface area contributed by atoms with Crippen molar-refractivity contribution in [2.45, 2.75) is 10.8 Å². The zero-order valence-electron chi connectivity index (χ0n) is 38.0. The highest BCUT2D eigenvalue weighted by Gasteiger charge is 2.54. The van der Waals surface area contributed by atoms with Crippen molar-refractivity contribution < 1.29 is 4.42 Å². The molecule has 1 aromatic heterocycles. The summed E-state index contributed by atoms with van der Waals surface area (Å²) in [5.74, 6) is 0. The molecule has 16 rings (SSSR count). The summed E-state index contributed by atoms with van der Waals surface area (Å²) in [4.78, 5) is 2.55. The first-order valence-electron chi connectivity index (χ1n) is 24.4. The lowest BCUT2D eigenvalue weighted by Gasteiger charge is -2.32. The van der Waals surface area contributed by atoms with Gasteiger partial charge in [0.25, 0.3) is 0 Å². The second-order valence-corrected chi connectivity index (χ2v) is 19.3. The van der Waals surface area contributed by atoms with Crippen LogP contribution in [-0.2, 0) is 10.8 Å². The molecule has 0 amide bonds. The van der Waals surface area contributed by atoms with Crippen LogP contribution in [0.25, 0.3) is 77.6 Å². The van der Waals surface area contributed by atoms with Gasteiger partial charge in [-0.2, -0.15) is 0 Å². The van der Waals surface area contributed by atoms with Gasteiger partial charge in [0.2, 0.25) is 0 Å². The lowest BCUT2D eigenvalue weighted by Crippen LogP contribution is -2.26. The van der Waals surface area contributed by atoms with Crippen LogP contribution < -0.4 is 4.90 Å². The first-order valence-corrected chi connectivity index (χ1v) is 24.4. The van der Waals surface area contributed by atoms with E-state index in [0.717, 1.165) is 50.1 Å². The summed E-state index contributed by atoms with van der Waals surface area (Å²) in [5, 5.41) is 2.19. The van der Waals surface area contributed by atoms with E-state index >= 15 is 0 Å². The Bertz CT molecular complexity index is 4120.